The number of carbonyl (C=O) groups is 3. The summed E-state index contributed by atoms with van der Waals surface area (Å²) in [5.74, 6) is -2.10. The largest absolute Gasteiger partial charge is 0.481 e. The van der Waals surface area contributed by atoms with Crippen molar-refractivity contribution in [3.63, 3.8) is 0 Å². The molecule has 2 aromatic carbocycles. The van der Waals surface area contributed by atoms with Crippen LogP contribution in [-0.2, 0) is 14.3 Å². The van der Waals surface area contributed by atoms with Gasteiger partial charge >= 0.3 is 12.1 Å². The number of benzene rings is 2. The fourth-order valence-corrected chi connectivity index (χ4v) is 5.04. The first-order valence-electron chi connectivity index (χ1n) is 11.9. The molecule has 34 heavy (non-hydrogen) atoms. The SMILES string of the molecule is CC(NC(=O)OCC1c2ccccc2-c2ccccc21)C(C)C(=O)N1CC(C(=O)O)CCC1C. The lowest BCUT2D eigenvalue weighted by Crippen LogP contribution is -2.52. The lowest BCUT2D eigenvalue weighted by atomic mass is 9.91. The summed E-state index contributed by atoms with van der Waals surface area (Å²) in [5, 5.41) is 12.1. The fourth-order valence-electron chi connectivity index (χ4n) is 5.04. The number of nitrogens with zero attached hydrogens (tertiary/aromatic N) is 1. The van der Waals surface area contributed by atoms with Gasteiger partial charge in [-0.15, -0.1) is 0 Å². The predicted octanol–water partition coefficient (Wildman–Crippen LogP) is 4.26. The molecule has 2 aliphatic rings. The van der Waals surface area contributed by atoms with Gasteiger partial charge in [0.05, 0.1) is 11.8 Å². The maximum atomic E-state index is 13.1. The Labute approximate surface area is 200 Å². The van der Waals surface area contributed by atoms with Crippen molar-refractivity contribution < 1.29 is 24.2 Å². The van der Waals surface area contributed by atoms with Crippen LogP contribution in [0.15, 0.2) is 48.5 Å². The highest BCUT2D eigenvalue weighted by molar-refractivity contribution is 5.82. The van der Waals surface area contributed by atoms with Gasteiger partial charge in [0, 0.05) is 24.5 Å². The van der Waals surface area contributed by atoms with E-state index in [0.29, 0.717) is 12.8 Å². The van der Waals surface area contributed by atoms with Gasteiger partial charge in [-0.2, -0.15) is 0 Å². The van der Waals surface area contributed by atoms with E-state index in [4.69, 9.17) is 4.74 Å². The van der Waals surface area contributed by atoms with Crippen LogP contribution in [0, 0.1) is 11.8 Å². The Morgan fingerprint density at radius 1 is 1.03 bits per heavy atom. The second kappa shape index (κ2) is 9.87. The molecule has 1 saturated heterocycles. The number of hydrogen-bond donors (Lipinski definition) is 2. The van der Waals surface area contributed by atoms with Gasteiger partial charge in [-0.05, 0) is 48.9 Å². The maximum Gasteiger partial charge on any atom is 0.407 e. The minimum Gasteiger partial charge on any atom is -0.481 e. The number of carboxylic acid groups (broad SMARTS) is 1. The molecule has 4 unspecified atom stereocenters. The molecule has 0 saturated carbocycles. The Hall–Kier alpha value is -3.35. The number of ether oxygens (including phenoxy) is 1. The van der Waals surface area contributed by atoms with Crippen LogP contribution in [0.5, 0.6) is 0 Å². The van der Waals surface area contributed by atoms with Crippen LogP contribution in [0.25, 0.3) is 11.1 Å². The van der Waals surface area contributed by atoms with Crippen molar-refractivity contribution in [3.8, 4) is 11.1 Å². The molecule has 4 atom stereocenters. The molecule has 7 nitrogen and oxygen atoms in total. The molecular formula is C27H32N2O5. The number of carbonyl (C=O) groups excluding carboxylic acids is 2. The second-order valence-corrected chi connectivity index (χ2v) is 9.50. The molecule has 1 fully saturated rings. The average molecular weight is 465 g/mol. The van der Waals surface area contributed by atoms with E-state index in [2.05, 4.69) is 29.6 Å². The Bertz CT molecular complexity index is 1040. The van der Waals surface area contributed by atoms with Gasteiger partial charge in [0.15, 0.2) is 0 Å². The Morgan fingerprint density at radius 2 is 1.62 bits per heavy atom. The number of hydrogen-bond acceptors (Lipinski definition) is 4. The van der Waals surface area contributed by atoms with Crippen LogP contribution >= 0.6 is 0 Å². The van der Waals surface area contributed by atoms with Gasteiger partial charge in [0.2, 0.25) is 5.91 Å². The first kappa shape index (κ1) is 23.8. The average Bonchev–Trinajstić information content (AvgIpc) is 3.15. The summed E-state index contributed by atoms with van der Waals surface area (Å²) < 4.78 is 5.60. The second-order valence-electron chi connectivity index (χ2n) is 9.50. The zero-order valence-corrected chi connectivity index (χ0v) is 19.9. The first-order valence-corrected chi connectivity index (χ1v) is 11.9. The number of piperidine rings is 1. The van der Waals surface area contributed by atoms with Crippen LogP contribution in [0.3, 0.4) is 0 Å². The molecule has 1 heterocycles. The standard InChI is InChI=1S/C27H32N2O5/c1-16-12-13-19(26(31)32)14-29(16)25(30)17(2)18(3)28-27(33)34-15-24-22-10-6-4-8-20(22)21-9-5-7-11-23(21)24/h4-11,16-19,24H,12-15H2,1-3H3,(H,28,33)(H,31,32). The molecule has 0 aromatic heterocycles. The third-order valence-electron chi connectivity index (χ3n) is 7.34. The molecule has 1 aliphatic heterocycles. The summed E-state index contributed by atoms with van der Waals surface area (Å²) >= 11 is 0. The molecule has 1 aliphatic carbocycles. The van der Waals surface area contributed by atoms with Gasteiger partial charge in [-0.25, -0.2) is 4.79 Å². The van der Waals surface area contributed by atoms with Crippen molar-refractivity contribution in [1.29, 1.82) is 0 Å². The van der Waals surface area contributed by atoms with Crippen molar-refractivity contribution in [3.05, 3.63) is 59.7 Å². The Balaban J connectivity index is 1.35. The molecule has 0 radical (unpaired) electrons. The van der Waals surface area contributed by atoms with Crippen molar-refractivity contribution in [2.75, 3.05) is 13.2 Å². The van der Waals surface area contributed by atoms with Crippen LogP contribution in [0.4, 0.5) is 4.79 Å². The quantitative estimate of drug-likeness (QED) is 0.666. The monoisotopic (exact) mass is 464 g/mol. The Morgan fingerprint density at radius 3 is 2.21 bits per heavy atom. The zero-order chi connectivity index (χ0) is 24.4. The molecule has 2 amide bonds. The first-order chi connectivity index (χ1) is 16.3. The highest BCUT2D eigenvalue weighted by Gasteiger charge is 2.36. The lowest BCUT2D eigenvalue weighted by molar-refractivity contribution is -0.148. The van der Waals surface area contributed by atoms with E-state index in [-0.39, 0.29) is 31.0 Å². The number of likely N-dealkylation sites (tertiary alicyclic amines) is 1. The predicted molar refractivity (Wildman–Crippen MR) is 128 cm³/mol. The lowest BCUT2D eigenvalue weighted by Gasteiger charge is -2.38. The number of nitrogens with one attached hydrogen (secondary N) is 1. The van der Waals surface area contributed by atoms with Crippen LogP contribution in [0.2, 0.25) is 0 Å². The van der Waals surface area contributed by atoms with Crippen LogP contribution in [0.1, 0.15) is 50.7 Å². The number of carboxylic acids is 1. The minimum atomic E-state index is -0.873. The maximum absolute atomic E-state index is 13.1. The highest BCUT2D eigenvalue weighted by atomic mass is 16.5. The topological polar surface area (TPSA) is 95.9 Å². The molecule has 2 aromatic rings. The highest BCUT2D eigenvalue weighted by Crippen LogP contribution is 2.44. The van der Waals surface area contributed by atoms with Crippen LogP contribution in [-0.4, -0.2) is 53.2 Å². The number of alkyl carbamates (subject to hydrolysis) is 1. The van der Waals surface area contributed by atoms with E-state index >= 15 is 0 Å². The molecule has 7 heteroatoms. The van der Waals surface area contributed by atoms with Gasteiger partial charge in [-0.1, -0.05) is 55.5 Å². The molecule has 0 bridgehead atoms. The number of fused-ring (bicyclic) bond motifs is 3. The summed E-state index contributed by atoms with van der Waals surface area (Å²) in [6, 6.07) is 15.8. The van der Waals surface area contributed by atoms with Gasteiger partial charge in [-0.3, -0.25) is 9.59 Å². The van der Waals surface area contributed by atoms with Crippen LogP contribution < -0.4 is 5.32 Å². The third-order valence-corrected chi connectivity index (χ3v) is 7.34. The van der Waals surface area contributed by atoms with Gasteiger partial charge in [0.1, 0.15) is 6.61 Å². The fraction of sp³-hybridized carbons (Fsp3) is 0.444. The van der Waals surface area contributed by atoms with Gasteiger partial charge in [0.25, 0.3) is 0 Å². The summed E-state index contributed by atoms with van der Waals surface area (Å²) in [6.07, 6.45) is 0.662. The minimum absolute atomic E-state index is 0.0211. The van der Waals surface area contributed by atoms with E-state index < -0.39 is 29.9 Å². The van der Waals surface area contributed by atoms with E-state index in [9.17, 15) is 19.5 Å². The smallest absolute Gasteiger partial charge is 0.407 e. The number of rotatable bonds is 6. The number of amides is 2. The van der Waals surface area contributed by atoms with Crippen molar-refractivity contribution in [2.45, 2.75) is 51.6 Å². The molecule has 2 N–H and O–H groups in total. The van der Waals surface area contributed by atoms with Crippen molar-refractivity contribution in [1.82, 2.24) is 10.2 Å². The zero-order valence-electron chi connectivity index (χ0n) is 19.9. The number of aliphatic carboxylic acids is 1. The van der Waals surface area contributed by atoms with Crippen molar-refractivity contribution >= 4 is 18.0 Å². The summed E-state index contributed by atoms with van der Waals surface area (Å²) in [6.45, 7) is 5.88. The summed E-state index contributed by atoms with van der Waals surface area (Å²) in [5.41, 5.74) is 4.60. The normalized spacial score (nSPS) is 21.2. The van der Waals surface area contributed by atoms with E-state index in [1.165, 1.54) is 0 Å². The van der Waals surface area contributed by atoms with E-state index in [1.54, 1.807) is 18.7 Å². The molecule has 4 rings (SSSR count). The van der Waals surface area contributed by atoms with Gasteiger partial charge < -0.3 is 20.1 Å². The Kier molecular flexibility index (Phi) is 6.91. The summed E-state index contributed by atoms with van der Waals surface area (Å²) in [4.78, 5) is 38.7. The van der Waals surface area contributed by atoms with E-state index in [1.807, 2.05) is 31.2 Å². The molecular weight excluding hydrogens is 432 g/mol. The van der Waals surface area contributed by atoms with E-state index in [0.717, 1.165) is 22.3 Å². The third kappa shape index (κ3) is 4.65. The molecule has 180 valence electrons. The van der Waals surface area contributed by atoms with Crippen molar-refractivity contribution in [2.24, 2.45) is 11.8 Å². The molecule has 0 spiro atoms. The summed E-state index contributed by atoms with van der Waals surface area (Å²) in [7, 11) is 0.